The van der Waals surface area contributed by atoms with E-state index in [9.17, 15) is 0 Å². The Balaban J connectivity index is 1.21. The number of hydrogen-bond donors (Lipinski definition) is 0. The van der Waals surface area contributed by atoms with Crippen LogP contribution in [0.5, 0.6) is 0 Å². The minimum absolute atomic E-state index is 1.19. The molecule has 0 saturated carbocycles. The van der Waals surface area contributed by atoms with Gasteiger partial charge in [-0.25, -0.2) is 0 Å². The molecule has 0 heteroatoms. The third-order valence-electron chi connectivity index (χ3n) is 12.3. The molecule has 0 aliphatic heterocycles. The fourth-order valence-corrected chi connectivity index (χ4v) is 9.28. The standard InChI is InChI=1S/C62H42/c1-5-17-43(18-6-1)45-29-33-47(34-30-45)51-37-39-57-59(41-51)61(55-27-15-13-25-53(55)49-21-9-3-10-22-49)58-40-38-52(48-35-31-46(32-36-48)44-19-7-2-8-20-44)42-60(58)62(57)56-28-16-14-26-54(56)50-23-11-4-12-24-50/h1-42H. The first kappa shape index (κ1) is 37.0. The molecule has 11 aromatic rings. The molecule has 0 N–H and O–H groups in total. The average molecular weight is 787 g/mol. The largest absolute Gasteiger partial charge is 0.0622 e. The van der Waals surface area contributed by atoms with Crippen molar-refractivity contribution in [1.29, 1.82) is 0 Å². The Hall–Kier alpha value is -8.06. The lowest BCUT2D eigenvalue weighted by Gasteiger charge is -2.22. The first-order chi connectivity index (χ1) is 30.8. The summed E-state index contributed by atoms with van der Waals surface area (Å²) in [4.78, 5) is 0. The van der Waals surface area contributed by atoms with E-state index in [4.69, 9.17) is 0 Å². The highest BCUT2D eigenvalue weighted by Gasteiger charge is 2.22. The first-order valence-electron chi connectivity index (χ1n) is 21.4. The van der Waals surface area contributed by atoms with Crippen molar-refractivity contribution in [2.75, 3.05) is 0 Å². The minimum atomic E-state index is 1.19. The second-order valence-corrected chi connectivity index (χ2v) is 16.0. The van der Waals surface area contributed by atoms with Crippen molar-refractivity contribution >= 4 is 21.5 Å². The summed E-state index contributed by atoms with van der Waals surface area (Å²) in [5.74, 6) is 0. The Bertz CT molecular complexity index is 3100. The number of fused-ring (bicyclic) bond motifs is 2. The summed E-state index contributed by atoms with van der Waals surface area (Å²) < 4.78 is 0. The van der Waals surface area contributed by atoms with Gasteiger partial charge in [0.1, 0.15) is 0 Å². The molecule has 0 atom stereocenters. The zero-order valence-electron chi connectivity index (χ0n) is 34.2. The Morgan fingerprint density at radius 3 is 0.726 bits per heavy atom. The van der Waals surface area contributed by atoms with E-state index < -0.39 is 0 Å². The molecule has 0 spiro atoms. The molecular weight excluding hydrogens is 745 g/mol. The van der Waals surface area contributed by atoms with Crippen molar-refractivity contribution in [1.82, 2.24) is 0 Å². The molecule has 0 unspecified atom stereocenters. The normalized spacial score (nSPS) is 11.2. The fourth-order valence-electron chi connectivity index (χ4n) is 9.28. The smallest absolute Gasteiger partial charge is 0.00199 e. The van der Waals surface area contributed by atoms with Crippen molar-refractivity contribution in [2.24, 2.45) is 0 Å². The molecule has 11 rings (SSSR count). The van der Waals surface area contributed by atoms with Gasteiger partial charge in [0, 0.05) is 0 Å². The minimum Gasteiger partial charge on any atom is -0.0622 e. The molecule has 0 aliphatic carbocycles. The van der Waals surface area contributed by atoms with E-state index in [1.165, 1.54) is 111 Å². The molecule has 290 valence electrons. The van der Waals surface area contributed by atoms with E-state index in [1.54, 1.807) is 0 Å². The zero-order chi connectivity index (χ0) is 41.2. The van der Waals surface area contributed by atoms with Gasteiger partial charge in [-0.05, 0) is 123 Å². The quantitative estimate of drug-likeness (QED) is 0.135. The summed E-state index contributed by atoms with van der Waals surface area (Å²) in [5, 5.41) is 4.90. The second kappa shape index (κ2) is 16.2. The third-order valence-corrected chi connectivity index (χ3v) is 12.3. The monoisotopic (exact) mass is 786 g/mol. The molecule has 0 radical (unpaired) electrons. The maximum absolute atomic E-state index is 2.44. The van der Waals surface area contributed by atoms with Gasteiger partial charge >= 0.3 is 0 Å². The summed E-state index contributed by atoms with van der Waals surface area (Å²) in [6, 6.07) is 93.1. The van der Waals surface area contributed by atoms with Gasteiger partial charge in [-0.1, -0.05) is 243 Å². The van der Waals surface area contributed by atoms with Crippen LogP contribution < -0.4 is 0 Å². The van der Waals surface area contributed by atoms with Crippen LogP contribution in [0.15, 0.2) is 255 Å². The van der Waals surface area contributed by atoms with Crippen LogP contribution in [0, 0.1) is 0 Å². The lowest BCUT2D eigenvalue weighted by Crippen LogP contribution is -1.95. The Morgan fingerprint density at radius 2 is 0.387 bits per heavy atom. The first-order valence-corrected chi connectivity index (χ1v) is 21.4. The molecule has 0 aromatic heterocycles. The molecule has 0 heterocycles. The van der Waals surface area contributed by atoms with Crippen LogP contribution in [0.2, 0.25) is 0 Å². The van der Waals surface area contributed by atoms with Gasteiger partial charge in [-0.3, -0.25) is 0 Å². The van der Waals surface area contributed by atoms with Gasteiger partial charge in [0.2, 0.25) is 0 Å². The molecule has 0 saturated heterocycles. The van der Waals surface area contributed by atoms with Crippen molar-refractivity contribution in [3.63, 3.8) is 0 Å². The molecule has 11 aromatic carbocycles. The van der Waals surface area contributed by atoms with Gasteiger partial charge in [0.15, 0.2) is 0 Å². The number of benzene rings is 11. The summed E-state index contributed by atoms with van der Waals surface area (Å²) in [5.41, 5.74) is 19.4. The second-order valence-electron chi connectivity index (χ2n) is 16.0. The van der Waals surface area contributed by atoms with Crippen molar-refractivity contribution < 1.29 is 0 Å². The molecule has 0 nitrogen and oxygen atoms in total. The predicted molar refractivity (Wildman–Crippen MR) is 265 cm³/mol. The highest BCUT2D eigenvalue weighted by Crippen LogP contribution is 2.49. The summed E-state index contributed by atoms with van der Waals surface area (Å²) in [6.07, 6.45) is 0. The molecule has 62 heavy (non-hydrogen) atoms. The van der Waals surface area contributed by atoms with Gasteiger partial charge in [-0.2, -0.15) is 0 Å². The van der Waals surface area contributed by atoms with Gasteiger partial charge in [-0.15, -0.1) is 0 Å². The summed E-state index contributed by atoms with van der Waals surface area (Å²) in [6.45, 7) is 0. The van der Waals surface area contributed by atoms with Crippen LogP contribution in [-0.2, 0) is 0 Å². The summed E-state index contributed by atoms with van der Waals surface area (Å²) >= 11 is 0. The van der Waals surface area contributed by atoms with Gasteiger partial charge < -0.3 is 0 Å². The van der Waals surface area contributed by atoms with Crippen LogP contribution >= 0.6 is 0 Å². The predicted octanol–water partition coefficient (Wildman–Crippen LogP) is 17.3. The van der Waals surface area contributed by atoms with E-state index in [0.29, 0.717) is 0 Å². The van der Waals surface area contributed by atoms with E-state index in [0.717, 1.165) is 0 Å². The van der Waals surface area contributed by atoms with E-state index in [1.807, 2.05) is 0 Å². The van der Waals surface area contributed by atoms with E-state index in [2.05, 4.69) is 255 Å². The third kappa shape index (κ3) is 6.88. The van der Waals surface area contributed by atoms with E-state index >= 15 is 0 Å². The number of hydrogen-bond acceptors (Lipinski definition) is 0. The van der Waals surface area contributed by atoms with Crippen LogP contribution in [0.4, 0.5) is 0 Å². The van der Waals surface area contributed by atoms with Crippen LogP contribution in [0.3, 0.4) is 0 Å². The molecule has 0 bridgehead atoms. The highest BCUT2D eigenvalue weighted by atomic mass is 14.2. The van der Waals surface area contributed by atoms with Crippen molar-refractivity contribution in [3.8, 4) is 89.0 Å². The van der Waals surface area contributed by atoms with Crippen LogP contribution in [0.25, 0.3) is 111 Å². The Kier molecular flexibility index (Phi) is 9.65. The maximum atomic E-state index is 2.44. The fraction of sp³-hybridized carbons (Fsp3) is 0. The summed E-state index contributed by atoms with van der Waals surface area (Å²) in [7, 11) is 0. The van der Waals surface area contributed by atoms with Gasteiger partial charge in [0.25, 0.3) is 0 Å². The molecular formula is C62H42. The topological polar surface area (TPSA) is 0 Å². The lowest BCUT2D eigenvalue weighted by atomic mass is 9.81. The molecule has 0 fully saturated rings. The average Bonchev–Trinajstić information content (AvgIpc) is 3.36. The van der Waals surface area contributed by atoms with E-state index in [-0.39, 0.29) is 0 Å². The zero-order valence-corrected chi connectivity index (χ0v) is 34.2. The van der Waals surface area contributed by atoms with Crippen molar-refractivity contribution in [3.05, 3.63) is 255 Å². The Labute approximate surface area is 363 Å². The van der Waals surface area contributed by atoms with Crippen molar-refractivity contribution in [2.45, 2.75) is 0 Å². The number of rotatable bonds is 8. The maximum Gasteiger partial charge on any atom is -0.00199 e. The molecule has 0 aliphatic rings. The van der Waals surface area contributed by atoms with Crippen LogP contribution in [0.1, 0.15) is 0 Å². The SMILES string of the molecule is c1ccc(-c2ccc(-c3ccc4c(-c5ccccc5-c5ccccc5)c5cc(-c6ccc(-c7ccccc7)cc6)ccc5c(-c5ccccc5-c5ccccc5)c4c3)cc2)cc1. The highest BCUT2D eigenvalue weighted by molar-refractivity contribution is 6.24. The molecule has 0 amide bonds. The lowest BCUT2D eigenvalue weighted by molar-refractivity contribution is 1.58. The Morgan fingerprint density at radius 1 is 0.145 bits per heavy atom. The van der Waals surface area contributed by atoms with Gasteiger partial charge in [0.05, 0.1) is 0 Å². The van der Waals surface area contributed by atoms with Crippen LogP contribution in [-0.4, -0.2) is 0 Å².